The minimum Gasteiger partial charge on any atom is -0.462 e. The van der Waals surface area contributed by atoms with Crippen molar-refractivity contribution in [2.24, 2.45) is 0 Å². The number of ether oxygens (including phenoxy) is 3. The predicted molar refractivity (Wildman–Crippen MR) is 307 cm³/mol. The van der Waals surface area contributed by atoms with E-state index in [1.807, 2.05) is 0 Å². The highest BCUT2D eigenvalue weighted by Crippen LogP contribution is 2.17. The summed E-state index contributed by atoms with van der Waals surface area (Å²) in [6.07, 6.45) is 76.1. The van der Waals surface area contributed by atoms with Crippen LogP contribution >= 0.6 is 0 Å². The fraction of sp³-hybridized carbons (Fsp3) is 0.877. The zero-order valence-electron chi connectivity index (χ0n) is 47.6. The lowest BCUT2D eigenvalue weighted by molar-refractivity contribution is -0.163. The first-order valence-corrected chi connectivity index (χ1v) is 31.5. The number of esters is 2. The van der Waals surface area contributed by atoms with Crippen LogP contribution in [0.2, 0.25) is 0 Å². The molecule has 1 atom stereocenters. The first kappa shape index (κ1) is 68.1. The summed E-state index contributed by atoms with van der Waals surface area (Å²) in [5.41, 5.74) is 0. The number of hydrogen-bond acceptors (Lipinski definition) is 5. The maximum Gasteiger partial charge on any atom is 0.306 e. The highest BCUT2D eigenvalue weighted by atomic mass is 16.6. The molecule has 0 saturated heterocycles. The normalized spacial score (nSPS) is 12.3. The molecule has 0 aliphatic heterocycles. The van der Waals surface area contributed by atoms with Gasteiger partial charge in [0, 0.05) is 19.4 Å². The average Bonchev–Trinajstić information content (AvgIpc) is 3.36. The number of carbonyl (C=O) groups is 2. The van der Waals surface area contributed by atoms with E-state index in [9.17, 15) is 9.59 Å². The molecule has 412 valence electrons. The van der Waals surface area contributed by atoms with E-state index in [1.165, 1.54) is 257 Å². The van der Waals surface area contributed by atoms with Gasteiger partial charge in [-0.1, -0.05) is 288 Å². The Morgan fingerprint density at radius 2 is 0.600 bits per heavy atom. The van der Waals surface area contributed by atoms with E-state index in [1.54, 1.807) is 0 Å². The van der Waals surface area contributed by atoms with Gasteiger partial charge in [0.05, 0.1) is 6.61 Å². The molecule has 0 radical (unpaired) electrons. The van der Waals surface area contributed by atoms with Gasteiger partial charge in [0.15, 0.2) is 6.10 Å². The summed E-state index contributed by atoms with van der Waals surface area (Å²) in [6.45, 7) is 7.86. The number of rotatable bonds is 59. The summed E-state index contributed by atoms with van der Waals surface area (Å²) in [6, 6.07) is 0. The van der Waals surface area contributed by atoms with Crippen molar-refractivity contribution in [3.63, 3.8) is 0 Å². The van der Waals surface area contributed by atoms with Gasteiger partial charge in [-0.15, -0.1) is 0 Å². The molecule has 5 nitrogen and oxygen atoms in total. The predicted octanol–water partition coefficient (Wildman–Crippen LogP) is 21.7. The summed E-state index contributed by atoms with van der Waals surface area (Å²) in [4.78, 5) is 25.6. The molecule has 0 aliphatic carbocycles. The van der Waals surface area contributed by atoms with Gasteiger partial charge < -0.3 is 14.2 Å². The van der Waals surface area contributed by atoms with Crippen LogP contribution in [-0.4, -0.2) is 37.9 Å². The third-order valence-electron chi connectivity index (χ3n) is 14.1. The highest BCUT2D eigenvalue weighted by Gasteiger charge is 2.18. The second-order valence-electron chi connectivity index (χ2n) is 21.3. The number of unbranched alkanes of at least 4 members (excludes halogenated alkanes) is 42. The second kappa shape index (κ2) is 61.4. The van der Waals surface area contributed by atoms with Crippen LogP contribution in [0.1, 0.15) is 342 Å². The SMILES string of the molecule is CCCCC/C=C\C/C=C\CCCCCCCCCCCC(=O)OCC(COCCCCCCCCCCCCCCCCCCCCCC)OC(=O)CCCCCCC/C=C\CCCCCCCC. The van der Waals surface area contributed by atoms with Crippen LogP contribution in [0.5, 0.6) is 0 Å². The van der Waals surface area contributed by atoms with E-state index in [0.717, 1.165) is 51.4 Å². The molecule has 0 aliphatic rings. The first-order valence-electron chi connectivity index (χ1n) is 31.5. The van der Waals surface area contributed by atoms with Gasteiger partial charge in [-0.2, -0.15) is 0 Å². The van der Waals surface area contributed by atoms with E-state index in [4.69, 9.17) is 14.2 Å². The Morgan fingerprint density at radius 1 is 0.314 bits per heavy atom. The summed E-state index contributed by atoms with van der Waals surface area (Å²) in [5.74, 6) is -0.390. The molecule has 0 aromatic carbocycles. The third kappa shape index (κ3) is 58.7. The standard InChI is InChI=1S/C65H122O5/c1-4-7-10-13-16-19-22-25-28-30-32-34-36-39-42-45-48-51-54-57-60-68-61-63(70-65(67)59-56-53-50-47-44-41-37-27-24-21-18-15-12-9-6-3)62-69-64(66)58-55-52-49-46-43-40-38-35-33-31-29-26-23-20-17-14-11-8-5-2/h17,20,26-27,29,37,63H,4-16,18-19,21-25,28,30-36,38-62H2,1-3H3/b20-17-,29-26-,37-27-. The van der Waals surface area contributed by atoms with Crippen LogP contribution in [0.15, 0.2) is 36.5 Å². The summed E-state index contributed by atoms with van der Waals surface area (Å²) in [5, 5.41) is 0. The summed E-state index contributed by atoms with van der Waals surface area (Å²) < 4.78 is 17.5. The van der Waals surface area contributed by atoms with Crippen LogP contribution in [-0.2, 0) is 23.8 Å². The van der Waals surface area contributed by atoms with Crippen molar-refractivity contribution in [1.82, 2.24) is 0 Å². The van der Waals surface area contributed by atoms with Crippen LogP contribution < -0.4 is 0 Å². The topological polar surface area (TPSA) is 61.8 Å². The maximum absolute atomic E-state index is 12.9. The van der Waals surface area contributed by atoms with Crippen molar-refractivity contribution >= 4 is 11.9 Å². The fourth-order valence-electron chi connectivity index (χ4n) is 9.42. The Labute approximate surface area is 438 Å². The van der Waals surface area contributed by atoms with E-state index >= 15 is 0 Å². The fourth-order valence-corrected chi connectivity index (χ4v) is 9.42. The molecule has 0 aromatic heterocycles. The van der Waals surface area contributed by atoms with Gasteiger partial charge >= 0.3 is 11.9 Å². The van der Waals surface area contributed by atoms with Crippen LogP contribution in [0, 0.1) is 0 Å². The van der Waals surface area contributed by atoms with Gasteiger partial charge in [-0.3, -0.25) is 9.59 Å². The van der Waals surface area contributed by atoms with Crippen LogP contribution in [0.4, 0.5) is 0 Å². The molecule has 0 saturated carbocycles. The molecule has 0 rings (SSSR count). The van der Waals surface area contributed by atoms with Crippen molar-refractivity contribution in [2.45, 2.75) is 348 Å². The quantitative estimate of drug-likeness (QED) is 0.0345. The minimum atomic E-state index is -0.539. The molecular weight excluding hydrogens is 861 g/mol. The Balaban J connectivity index is 4.22. The van der Waals surface area contributed by atoms with Crippen LogP contribution in [0.3, 0.4) is 0 Å². The molecule has 0 heterocycles. The van der Waals surface area contributed by atoms with Gasteiger partial charge in [-0.25, -0.2) is 0 Å². The number of hydrogen-bond donors (Lipinski definition) is 0. The maximum atomic E-state index is 12.9. The average molecular weight is 984 g/mol. The number of carbonyl (C=O) groups excluding carboxylic acids is 2. The monoisotopic (exact) mass is 983 g/mol. The van der Waals surface area contributed by atoms with E-state index < -0.39 is 6.10 Å². The van der Waals surface area contributed by atoms with Gasteiger partial charge in [-0.05, 0) is 77.0 Å². The zero-order valence-corrected chi connectivity index (χ0v) is 47.6. The molecule has 0 aromatic rings. The van der Waals surface area contributed by atoms with Crippen molar-refractivity contribution in [1.29, 1.82) is 0 Å². The molecule has 0 spiro atoms. The van der Waals surface area contributed by atoms with Crippen molar-refractivity contribution in [2.75, 3.05) is 19.8 Å². The van der Waals surface area contributed by atoms with E-state index in [0.29, 0.717) is 19.4 Å². The van der Waals surface area contributed by atoms with E-state index in [2.05, 4.69) is 57.2 Å². The summed E-state index contributed by atoms with van der Waals surface area (Å²) in [7, 11) is 0. The first-order chi connectivity index (χ1) is 34.6. The third-order valence-corrected chi connectivity index (χ3v) is 14.1. The molecule has 70 heavy (non-hydrogen) atoms. The Hall–Kier alpha value is -1.88. The zero-order chi connectivity index (χ0) is 50.6. The Morgan fingerprint density at radius 3 is 0.986 bits per heavy atom. The molecule has 0 N–H and O–H groups in total. The van der Waals surface area contributed by atoms with Crippen molar-refractivity contribution < 1.29 is 23.8 Å². The number of allylic oxidation sites excluding steroid dienone is 6. The summed E-state index contributed by atoms with van der Waals surface area (Å²) >= 11 is 0. The molecule has 0 bridgehead atoms. The Bertz CT molecular complexity index is 1110. The van der Waals surface area contributed by atoms with Gasteiger partial charge in [0.1, 0.15) is 6.61 Å². The van der Waals surface area contributed by atoms with Crippen LogP contribution in [0.25, 0.3) is 0 Å². The molecule has 0 amide bonds. The lowest BCUT2D eigenvalue weighted by Crippen LogP contribution is -2.30. The van der Waals surface area contributed by atoms with Crippen molar-refractivity contribution in [3.05, 3.63) is 36.5 Å². The molecule has 5 heteroatoms. The highest BCUT2D eigenvalue weighted by molar-refractivity contribution is 5.70. The Kier molecular flexibility index (Phi) is 59.8. The lowest BCUT2D eigenvalue weighted by atomic mass is 10.0. The lowest BCUT2D eigenvalue weighted by Gasteiger charge is -2.18. The molecular formula is C65H122O5. The van der Waals surface area contributed by atoms with Gasteiger partial charge in [0.25, 0.3) is 0 Å². The molecule has 0 fully saturated rings. The van der Waals surface area contributed by atoms with Crippen molar-refractivity contribution in [3.8, 4) is 0 Å². The van der Waals surface area contributed by atoms with Gasteiger partial charge in [0.2, 0.25) is 0 Å². The second-order valence-corrected chi connectivity index (χ2v) is 21.3. The smallest absolute Gasteiger partial charge is 0.306 e. The largest absolute Gasteiger partial charge is 0.462 e. The van der Waals surface area contributed by atoms with E-state index in [-0.39, 0.29) is 25.2 Å². The molecule has 1 unspecified atom stereocenters. The minimum absolute atomic E-state index is 0.0855.